The summed E-state index contributed by atoms with van der Waals surface area (Å²) in [7, 11) is 0. The zero-order valence-electron chi connectivity index (χ0n) is 20.3. The number of hydrogen-bond donors (Lipinski definition) is 3. The second kappa shape index (κ2) is 9.13. The van der Waals surface area contributed by atoms with Gasteiger partial charge in [-0.25, -0.2) is 0 Å². The van der Waals surface area contributed by atoms with E-state index in [0.29, 0.717) is 24.2 Å². The van der Waals surface area contributed by atoms with Gasteiger partial charge in [0, 0.05) is 52.3 Å². The number of nitrogens with zero attached hydrogens (tertiary/aromatic N) is 1. The zero-order chi connectivity index (χ0) is 24.9. The first-order chi connectivity index (χ1) is 16.7. The lowest BCUT2D eigenvalue weighted by Gasteiger charge is -2.36. The molecule has 0 aliphatic carbocycles. The van der Waals surface area contributed by atoms with Crippen molar-refractivity contribution in [1.29, 1.82) is 0 Å². The molecule has 0 unspecified atom stereocenters. The molecule has 2 aliphatic rings. The van der Waals surface area contributed by atoms with Gasteiger partial charge >= 0.3 is 0 Å². The molecule has 0 spiro atoms. The number of H-pyrrole nitrogens is 1. The maximum absolute atomic E-state index is 13.5. The van der Waals surface area contributed by atoms with Crippen LogP contribution in [0.3, 0.4) is 0 Å². The Hall–Kier alpha value is -3.16. The van der Waals surface area contributed by atoms with E-state index < -0.39 is 0 Å². The van der Waals surface area contributed by atoms with Gasteiger partial charge in [0.1, 0.15) is 0 Å². The van der Waals surface area contributed by atoms with Crippen LogP contribution in [0.25, 0.3) is 22.8 Å². The lowest BCUT2D eigenvalue weighted by Crippen LogP contribution is -2.55. The second-order valence-electron chi connectivity index (χ2n) is 9.59. The first-order valence-electron chi connectivity index (χ1n) is 11.9. The molecule has 1 aromatic heterocycles. The molecule has 7 heteroatoms. The fraction of sp³-hybridized carbons (Fsp3) is 0.286. The SMILES string of the molecule is Cc1[nH]c(C=C2C(=O)Nc3cccc(-c4ccc(Br)cc4)c32)c(C)c1C(=O)N1C[C@@H](C)N[C@H](C)C1. The fourth-order valence-electron chi connectivity index (χ4n) is 5.29. The molecule has 5 rings (SSSR count). The molecule has 1 saturated heterocycles. The monoisotopic (exact) mass is 532 g/mol. The van der Waals surface area contributed by atoms with Crippen LogP contribution in [0.2, 0.25) is 0 Å². The number of carbonyl (C=O) groups is 2. The maximum atomic E-state index is 13.5. The predicted molar refractivity (Wildman–Crippen MR) is 144 cm³/mol. The van der Waals surface area contributed by atoms with Crippen molar-refractivity contribution < 1.29 is 9.59 Å². The average Bonchev–Trinajstić information content (AvgIpc) is 3.28. The molecule has 0 bridgehead atoms. The van der Waals surface area contributed by atoms with Crippen LogP contribution >= 0.6 is 15.9 Å². The van der Waals surface area contributed by atoms with E-state index in [0.717, 1.165) is 43.8 Å². The number of piperazine rings is 1. The van der Waals surface area contributed by atoms with Gasteiger partial charge in [0.2, 0.25) is 0 Å². The van der Waals surface area contributed by atoms with Gasteiger partial charge in [-0.05, 0) is 68.7 Å². The summed E-state index contributed by atoms with van der Waals surface area (Å²) in [5.74, 6) is -0.109. The largest absolute Gasteiger partial charge is 0.358 e. The molecule has 3 heterocycles. The number of aryl methyl sites for hydroxylation is 1. The number of aromatic amines is 1. The number of benzene rings is 2. The highest BCUT2D eigenvalue weighted by molar-refractivity contribution is 9.10. The van der Waals surface area contributed by atoms with Crippen LogP contribution in [0.15, 0.2) is 46.9 Å². The smallest absolute Gasteiger partial charge is 0.256 e. The molecule has 3 aromatic rings. The summed E-state index contributed by atoms with van der Waals surface area (Å²) in [6.45, 7) is 9.43. The topological polar surface area (TPSA) is 77.2 Å². The summed E-state index contributed by atoms with van der Waals surface area (Å²) >= 11 is 3.49. The second-order valence-corrected chi connectivity index (χ2v) is 10.5. The number of carbonyl (C=O) groups excluding carboxylic acids is 2. The van der Waals surface area contributed by atoms with E-state index in [9.17, 15) is 9.59 Å². The van der Waals surface area contributed by atoms with Gasteiger partial charge in [0.15, 0.2) is 0 Å². The van der Waals surface area contributed by atoms with Crippen LogP contribution in [-0.2, 0) is 4.79 Å². The minimum absolute atomic E-state index is 0.0351. The Morgan fingerprint density at radius 3 is 2.43 bits per heavy atom. The Bertz CT molecular complexity index is 1350. The van der Waals surface area contributed by atoms with E-state index in [1.54, 1.807) is 0 Å². The van der Waals surface area contributed by atoms with Crippen molar-refractivity contribution in [3.8, 4) is 11.1 Å². The minimum atomic E-state index is -0.145. The van der Waals surface area contributed by atoms with Gasteiger partial charge in [-0.1, -0.05) is 40.2 Å². The molecule has 180 valence electrons. The minimum Gasteiger partial charge on any atom is -0.358 e. The molecule has 1 fully saturated rings. The predicted octanol–water partition coefficient (Wildman–Crippen LogP) is 5.38. The maximum Gasteiger partial charge on any atom is 0.256 e. The van der Waals surface area contributed by atoms with E-state index >= 15 is 0 Å². The fourth-order valence-corrected chi connectivity index (χ4v) is 5.56. The molecular weight excluding hydrogens is 504 g/mol. The summed E-state index contributed by atoms with van der Waals surface area (Å²) in [5, 5.41) is 6.48. The molecular formula is C28H29BrN4O2. The van der Waals surface area contributed by atoms with E-state index in [-0.39, 0.29) is 23.9 Å². The molecule has 2 aromatic carbocycles. The number of hydrogen-bond acceptors (Lipinski definition) is 3. The molecule has 0 radical (unpaired) electrons. The molecule has 6 nitrogen and oxygen atoms in total. The highest BCUT2D eigenvalue weighted by atomic mass is 79.9. The van der Waals surface area contributed by atoms with Crippen LogP contribution < -0.4 is 10.6 Å². The van der Waals surface area contributed by atoms with E-state index in [4.69, 9.17) is 0 Å². The number of rotatable bonds is 3. The summed E-state index contributed by atoms with van der Waals surface area (Å²) in [6, 6.07) is 14.5. The molecule has 2 amide bonds. The zero-order valence-corrected chi connectivity index (χ0v) is 21.9. The molecule has 2 atom stereocenters. The Morgan fingerprint density at radius 1 is 1.06 bits per heavy atom. The summed E-state index contributed by atoms with van der Waals surface area (Å²) in [4.78, 5) is 31.8. The lowest BCUT2D eigenvalue weighted by atomic mass is 9.94. The highest BCUT2D eigenvalue weighted by Crippen LogP contribution is 2.41. The van der Waals surface area contributed by atoms with Crippen LogP contribution in [-0.4, -0.2) is 46.9 Å². The number of halogens is 1. The first kappa shape index (κ1) is 23.6. The molecule has 3 N–H and O–H groups in total. The van der Waals surface area contributed by atoms with Gasteiger partial charge in [-0.15, -0.1) is 0 Å². The van der Waals surface area contributed by atoms with Crippen molar-refractivity contribution in [3.05, 3.63) is 75.0 Å². The van der Waals surface area contributed by atoms with Gasteiger partial charge < -0.3 is 20.5 Å². The molecule has 2 aliphatic heterocycles. The third-order valence-corrected chi connectivity index (χ3v) is 7.33. The number of fused-ring (bicyclic) bond motifs is 1. The molecule has 35 heavy (non-hydrogen) atoms. The van der Waals surface area contributed by atoms with Crippen molar-refractivity contribution in [3.63, 3.8) is 0 Å². The normalized spacial score (nSPS) is 20.8. The lowest BCUT2D eigenvalue weighted by molar-refractivity contribution is -0.110. The number of nitrogens with one attached hydrogen (secondary N) is 3. The van der Waals surface area contributed by atoms with Gasteiger partial charge in [-0.3, -0.25) is 9.59 Å². The Kier molecular flexibility index (Phi) is 6.15. The third-order valence-electron chi connectivity index (χ3n) is 6.81. The van der Waals surface area contributed by atoms with Crippen molar-refractivity contribution in [2.75, 3.05) is 18.4 Å². The van der Waals surface area contributed by atoms with Gasteiger partial charge in [0.25, 0.3) is 11.8 Å². The van der Waals surface area contributed by atoms with E-state index in [1.165, 1.54) is 0 Å². The Labute approximate surface area is 213 Å². The van der Waals surface area contributed by atoms with E-state index in [2.05, 4.69) is 45.4 Å². The van der Waals surface area contributed by atoms with Crippen molar-refractivity contribution in [2.45, 2.75) is 39.8 Å². The van der Waals surface area contributed by atoms with Crippen LogP contribution in [0, 0.1) is 13.8 Å². The van der Waals surface area contributed by atoms with Gasteiger partial charge in [0.05, 0.1) is 11.1 Å². The van der Waals surface area contributed by atoms with Crippen molar-refractivity contribution in [1.82, 2.24) is 15.2 Å². The Morgan fingerprint density at radius 2 is 1.74 bits per heavy atom. The summed E-state index contributed by atoms with van der Waals surface area (Å²) in [5.41, 5.74) is 7.44. The van der Waals surface area contributed by atoms with Crippen molar-refractivity contribution in [2.24, 2.45) is 0 Å². The summed E-state index contributed by atoms with van der Waals surface area (Å²) in [6.07, 6.45) is 1.88. The van der Waals surface area contributed by atoms with Crippen molar-refractivity contribution >= 4 is 45.1 Å². The number of anilines is 1. The summed E-state index contributed by atoms with van der Waals surface area (Å²) < 4.78 is 1.00. The third kappa shape index (κ3) is 4.34. The number of amides is 2. The Balaban J connectivity index is 1.55. The van der Waals surface area contributed by atoms with Crippen LogP contribution in [0.4, 0.5) is 5.69 Å². The standard InChI is InChI=1S/C28H29BrN4O2/c1-15-13-33(14-16(2)30-15)28(35)25-17(3)24(31-18(25)4)12-22-26-21(19-8-10-20(29)11-9-19)6-5-7-23(26)32-27(22)34/h5-12,15-16,30-31H,13-14H2,1-4H3,(H,32,34)/t15-,16-/m1/s1. The highest BCUT2D eigenvalue weighted by Gasteiger charge is 2.31. The number of aromatic nitrogens is 1. The van der Waals surface area contributed by atoms with Gasteiger partial charge in [-0.2, -0.15) is 0 Å². The molecule has 0 saturated carbocycles. The quantitative estimate of drug-likeness (QED) is 0.396. The van der Waals surface area contributed by atoms with Crippen LogP contribution in [0.5, 0.6) is 0 Å². The average molecular weight is 533 g/mol. The van der Waals surface area contributed by atoms with E-state index in [1.807, 2.05) is 67.3 Å². The van der Waals surface area contributed by atoms with Crippen LogP contribution in [0.1, 0.15) is 46.7 Å². The first-order valence-corrected chi connectivity index (χ1v) is 12.7.